The standard InChI is InChI=1S/C15H19N3O2/c1-10-6-13(12(8-16)11(2)18-10)17-9-15(4-3-5-15)7-14(19)20/h6H,3-5,7,9H2,1-2H3,(H,17,18)(H,19,20). The van der Waals surface area contributed by atoms with Gasteiger partial charge in [0, 0.05) is 12.2 Å². The summed E-state index contributed by atoms with van der Waals surface area (Å²) in [6.45, 7) is 4.29. The lowest BCUT2D eigenvalue weighted by molar-refractivity contribution is -0.141. The number of hydrogen-bond donors (Lipinski definition) is 2. The van der Waals surface area contributed by atoms with Crippen LogP contribution in [0.3, 0.4) is 0 Å². The lowest BCUT2D eigenvalue weighted by Crippen LogP contribution is -2.38. The number of rotatable bonds is 5. The van der Waals surface area contributed by atoms with Crippen molar-refractivity contribution in [1.29, 1.82) is 5.26 Å². The molecule has 0 spiro atoms. The average molecular weight is 273 g/mol. The van der Waals surface area contributed by atoms with Gasteiger partial charge in [-0.2, -0.15) is 5.26 Å². The molecular weight excluding hydrogens is 254 g/mol. The Labute approximate surface area is 118 Å². The van der Waals surface area contributed by atoms with E-state index < -0.39 is 5.97 Å². The fourth-order valence-electron chi connectivity index (χ4n) is 2.81. The second kappa shape index (κ2) is 5.49. The summed E-state index contributed by atoms with van der Waals surface area (Å²) < 4.78 is 0. The fourth-order valence-corrected chi connectivity index (χ4v) is 2.81. The lowest BCUT2D eigenvalue weighted by atomic mass is 9.66. The van der Waals surface area contributed by atoms with E-state index in [1.165, 1.54) is 0 Å². The average Bonchev–Trinajstić information content (AvgIpc) is 2.31. The zero-order valence-corrected chi connectivity index (χ0v) is 11.9. The van der Waals surface area contributed by atoms with Crippen LogP contribution in [0.4, 0.5) is 5.69 Å². The van der Waals surface area contributed by atoms with Crippen LogP contribution >= 0.6 is 0 Å². The van der Waals surface area contributed by atoms with E-state index in [-0.39, 0.29) is 11.8 Å². The Morgan fingerprint density at radius 3 is 2.75 bits per heavy atom. The van der Waals surface area contributed by atoms with E-state index in [1.54, 1.807) is 0 Å². The fraction of sp³-hybridized carbons (Fsp3) is 0.533. The van der Waals surface area contributed by atoms with Crippen LogP contribution in [0.5, 0.6) is 0 Å². The van der Waals surface area contributed by atoms with Gasteiger partial charge in [0.05, 0.1) is 23.4 Å². The molecule has 1 aromatic heterocycles. The number of aliphatic carboxylic acids is 1. The minimum atomic E-state index is -0.755. The Bertz CT molecular complexity index is 571. The van der Waals surface area contributed by atoms with Crippen LogP contribution < -0.4 is 5.32 Å². The monoisotopic (exact) mass is 273 g/mol. The van der Waals surface area contributed by atoms with Gasteiger partial charge in [0.15, 0.2) is 0 Å². The summed E-state index contributed by atoms with van der Waals surface area (Å²) in [6, 6.07) is 4.01. The molecule has 0 radical (unpaired) electrons. The summed E-state index contributed by atoms with van der Waals surface area (Å²) in [5.41, 5.74) is 2.69. The zero-order valence-electron chi connectivity index (χ0n) is 11.9. The third-order valence-corrected chi connectivity index (χ3v) is 4.03. The molecule has 1 aliphatic rings. The first-order chi connectivity index (χ1) is 9.46. The van der Waals surface area contributed by atoms with E-state index in [4.69, 9.17) is 5.11 Å². The lowest BCUT2D eigenvalue weighted by Gasteiger charge is -2.41. The van der Waals surface area contributed by atoms with Crippen LogP contribution in [-0.2, 0) is 4.79 Å². The summed E-state index contributed by atoms with van der Waals surface area (Å²) in [6.07, 6.45) is 3.12. The SMILES string of the molecule is Cc1cc(NCC2(CC(=O)O)CCC2)c(C#N)c(C)n1. The first kappa shape index (κ1) is 14.3. The summed E-state index contributed by atoms with van der Waals surface area (Å²) in [5.74, 6) is -0.755. The first-order valence-corrected chi connectivity index (χ1v) is 6.80. The highest BCUT2D eigenvalue weighted by Crippen LogP contribution is 2.44. The maximum atomic E-state index is 11.0. The molecule has 0 aliphatic heterocycles. The minimum Gasteiger partial charge on any atom is -0.481 e. The molecule has 0 saturated heterocycles. The third kappa shape index (κ3) is 2.90. The molecule has 2 N–H and O–H groups in total. The van der Waals surface area contributed by atoms with Gasteiger partial charge in [0.25, 0.3) is 0 Å². The number of carboxylic acid groups (broad SMARTS) is 1. The second-order valence-electron chi connectivity index (χ2n) is 5.66. The largest absolute Gasteiger partial charge is 0.481 e. The molecule has 5 heteroatoms. The van der Waals surface area contributed by atoms with Gasteiger partial charge in [-0.25, -0.2) is 0 Å². The maximum absolute atomic E-state index is 11.0. The van der Waals surface area contributed by atoms with Crippen molar-refractivity contribution in [2.45, 2.75) is 39.5 Å². The predicted molar refractivity (Wildman–Crippen MR) is 75.5 cm³/mol. The van der Waals surface area contributed by atoms with Crippen LogP contribution in [0, 0.1) is 30.6 Å². The molecule has 1 fully saturated rings. The molecule has 0 bridgehead atoms. The molecule has 5 nitrogen and oxygen atoms in total. The number of aromatic nitrogens is 1. The van der Waals surface area contributed by atoms with Crippen molar-refractivity contribution in [3.8, 4) is 6.07 Å². The summed E-state index contributed by atoms with van der Waals surface area (Å²) in [7, 11) is 0. The number of carbonyl (C=O) groups is 1. The number of aryl methyl sites for hydroxylation is 2. The molecule has 106 valence electrons. The minimum absolute atomic E-state index is 0.163. The number of nitrogens with zero attached hydrogens (tertiary/aromatic N) is 2. The van der Waals surface area contributed by atoms with Crippen LogP contribution in [-0.4, -0.2) is 22.6 Å². The number of carboxylic acids is 1. The van der Waals surface area contributed by atoms with E-state index in [0.29, 0.717) is 17.8 Å². The van der Waals surface area contributed by atoms with Gasteiger partial charge in [0.1, 0.15) is 6.07 Å². The topological polar surface area (TPSA) is 86.0 Å². The van der Waals surface area contributed by atoms with Crippen molar-refractivity contribution in [2.24, 2.45) is 5.41 Å². The van der Waals surface area contributed by atoms with Crippen LogP contribution in [0.1, 0.15) is 42.6 Å². The Kier molecular flexibility index (Phi) is 3.93. The number of pyridine rings is 1. The smallest absolute Gasteiger partial charge is 0.303 e. The molecule has 0 amide bonds. The van der Waals surface area contributed by atoms with Crippen molar-refractivity contribution < 1.29 is 9.90 Å². The second-order valence-corrected chi connectivity index (χ2v) is 5.66. The maximum Gasteiger partial charge on any atom is 0.303 e. The highest BCUT2D eigenvalue weighted by molar-refractivity contribution is 5.68. The molecule has 1 saturated carbocycles. The highest BCUT2D eigenvalue weighted by Gasteiger charge is 2.38. The molecule has 0 unspecified atom stereocenters. The first-order valence-electron chi connectivity index (χ1n) is 6.80. The molecule has 1 aromatic rings. The quantitative estimate of drug-likeness (QED) is 0.861. The highest BCUT2D eigenvalue weighted by atomic mass is 16.4. The van der Waals surface area contributed by atoms with Gasteiger partial charge < -0.3 is 10.4 Å². The molecule has 0 atom stereocenters. The van der Waals surface area contributed by atoms with Gasteiger partial charge in [-0.05, 0) is 38.2 Å². The van der Waals surface area contributed by atoms with Gasteiger partial charge >= 0.3 is 5.97 Å². The van der Waals surface area contributed by atoms with Crippen LogP contribution in [0.15, 0.2) is 6.07 Å². The molecule has 1 aliphatic carbocycles. The number of hydrogen-bond acceptors (Lipinski definition) is 4. The Hall–Kier alpha value is -2.09. The predicted octanol–water partition coefficient (Wildman–Crippen LogP) is 2.63. The van der Waals surface area contributed by atoms with E-state index in [2.05, 4.69) is 16.4 Å². The van der Waals surface area contributed by atoms with Crippen LogP contribution in [0.2, 0.25) is 0 Å². The Morgan fingerprint density at radius 2 is 2.25 bits per heavy atom. The molecule has 0 aromatic carbocycles. The summed E-state index contributed by atoms with van der Waals surface area (Å²) in [5, 5.41) is 21.5. The van der Waals surface area contributed by atoms with Gasteiger partial charge in [-0.15, -0.1) is 0 Å². The molecule has 2 rings (SSSR count). The Morgan fingerprint density at radius 1 is 1.55 bits per heavy atom. The zero-order chi connectivity index (χ0) is 14.8. The molecule has 1 heterocycles. The number of anilines is 1. The van der Waals surface area contributed by atoms with Crippen molar-refractivity contribution >= 4 is 11.7 Å². The van der Waals surface area contributed by atoms with Gasteiger partial charge in [-0.1, -0.05) is 6.42 Å². The van der Waals surface area contributed by atoms with Gasteiger partial charge in [0.2, 0.25) is 0 Å². The van der Waals surface area contributed by atoms with Gasteiger partial charge in [-0.3, -0.25) is 9.78 Å². The van der Waals surface area contributed by atoms with Crippen molar-refractivity contribution in [1.82, 2.24) is 4.98 Å². The van der Waals surface area contributed by atoms with Crippen LogP contribution in [0.25, 0.3) is 0 Å². The number of nitrogens with one attached hydrogen (secondary N) is 1. The Balaban J connectivity index is 2.15. The van der Waals surface area contributed by atoms with Crippen molar-refractivity contribution in [3.63, 3.8) is 0 Å². The third-order valence-electron chi connectivity index (χ3n) is 4.03. The van der Waals surface area contributed by atoms with E-state index in [1.807, 2.05) is 19.9 Å². The van der Waals surface area contributed by atoms with Crippen molar-refractivity contribution in [2.75, 3.05) is 11.9 Å². The van der Waals surface area contributed by atoms with E-state index >= 15 is 0 Å². The summed E-state index contributed by atoms with van der Waals surface area (Å²) in [4.78, 5) is 15.2. The van der Waals surface area contributed by atoms with E-state index in [9.17, 15) is 10.1 Å². The van der Waals surface area contributed by atoms with E-state index in [0.717, 1.165) is 30.6 Å². The molecular formula is C15H19N3O2. The normalized spacial score (nSPS) is 16.1. The number of nitriles is 1. The van der Waals surface area contributed by atoms with Crippen molar-refractivity contribution in [3.05, 3.63) is 23.0 Å². The molecule has 20 heavy (non-hydrogen) atoms. The summed E-state index contributed by atoms with van der Waals surface area (Å²) >= 11 is 0.